The number of sulfonamides is 1. The van der Waals surface area contributed by atoms with Crippen LogP contribution in [0.25, 0.3) is 0 Å². The molecule has 0 aliphatic carbocycles. The fourth-order valence-electron chi connectivity index (χ4n) is 1.85. The SMILES string of the molecule is COC(=O)c1cc(C)ccc1S(=O)(=O)N[C@H](C(=O)O)C(C)C. The Labute approximate surface area is 129 Å². The van der Waals surface area contributed by atoms with Crippen LogP contribution in [-0.4, -0.2) is 38.6 Å². The number of carboxylic acid groups (broad SMARTS) is 1. The van der Waals surface area contributed by atoms with Gasteiger partial charge in [-0.15, -0.1) is 0 Å². The Kier molecular flexibility index (Phi) is 5.67. The molecule has 0 unspecified atom stereocenters. The van der Waals surface area contributed by atoms with Gasteiger partial charge >= 0.3 is 11.9 Å². The number of nitrogens with one attached hydrogen (secondary N) is 1. The highest BCUT2D eigenvalue weighted by atomic mass is 32.2. The molecule has 0 heterocycles. The van der Waals surface area contributed by atoms with Crippen molar-refractivity contribution in [3.8, 4) is 0 Å². The van der Waals surface area contributed by atoms with E-state index in [0.717, 1.165) is 7.11 Å². The van der Waals surface area contributed by atoms with E-state index in [-0.39, 0.29) is 10.5 Å². The summed E-state index contributed by atoms with van der Waals surface area (Å²) in [5, 5.41) is 9.10. The molecule has 0 saturated heterocycles. The van der Waals surface area contributed by atoms with Crippen molar-refractivity contribution in [2.24, 2.45) is 5.92 Å². The highest BCUT2D eigenvalue weighted by molar-refractivity contribution is 7.89. The van der Waals surface area contributed by atoms with E-state index >= 15 is 0 Å². The number of carbonyl (C=O) groups is 2. The van der Waals surface area contributed by atoms with Crippen molar-refractivity contribution < 1.29 is 27.9 Å². The number of aryl methyl sites for hydroxylation is 1. The third kappa shape index (κ3) is 4.05. The van der Waals surface area contributed by atoms with Gasteiger partial charge in [-0.05, 0) is 25.0 Å². The van der Waals surface area contributed by atoms with Crippen molar-refractivity contribution in [3.05, 3.63) is 29.3 Å². The molecule has 0 bridgehead atoms. The van der Waals surface area contributed by atoms with Gasteiger partial charge in [0.05, 0.1) is 17.6 Å². The Morgan fingerprint density at radius 3 is 2.32 bits per heavy atom. The maximum absolute atomic E-state index is 12.4. The molecule has 0 aliphatic heterocycles. The van der Waals surface area contributed by atoms with E-state index in [4.69, 9.17) is 5.11 Å². The lowest BCUT2D eigenvalue weighted by atomic mass is 10.1. The van der Waals surface area contributed by atoms with Gasteiger partial charge in [0.1, 0.15) is 6.04 Å². The zero-order chi connectivity index (χ0) is 17.1. The van der Waals surface area contributed by atoms with Gasteiger partial charge in [-0.1, -0.05) is 25.5 Å². The maximum atomic E-state index is 12.4. The number of rotatable bonds is 6. The molecule has 1 rings (SSSR count). The van der Waals surface area contributed by atoms with Gasteiger partial charge in [0, 0.05) is 0 Å². The van der Waals surface area contributed by atoms with Crippen LogP contribution in [0.1, 0.15) is 29.8 Å². The quantitative estimate of drug-likeness (QED) is 0.758. The topological polar surface area (TPSA) is 110 Å². The van der Waals surface area contributed by atoms with Gasteiger partial charge in [0.2, 0.25) is 10.0 Å². The van der Waals surface area contributed by atoms with Crippen molar-refractivity contribution in [1.29, 1.82) is 0 Å². The fourth-order valence-corrected chi connectivity index (χ4v) is 3.36. The van der Waals surface area contributed by atoms with Crippen LogP contribution >= 0.6 is 0 Å². The third-order valence-corrected chi connectivity index (χ3v) is 4.54. The summed E-state index contributed by atoms with van der Waals surface area (Å²) in [6.45, 7) is 4.86. The molecule has 0 spiro atoms. The molecule has 7 nitrogen and oxygen atoms in total. The molecule has 2 N–H and O–H groups in total. The number of aliphatic carboxylic acids is 1. The number of ether oxygens (including phenoxy) is 1. The zero-order valence-corrected chi connectivity index (χ0v) is 13.6. The van der Waals surface area contributed by atoms with Crippen molar-refractivity contribution >= 4 is 22.0 Å². The normalized spacial score (nSPS) is 13.0. The monoisotopic (exact) mass is 329 g/mol. The summed E-state index contributed by atoms with van der Waals surface area (Å²) >= 11 is 0. The average Bonchev–Trinajstić information content (AvgIpc) is 2.42. The van der Waals surface area contributed by atoms with E-state index in [9.17, 15) is 18.0 Å². The molecule has 0 saturated carbocycles. The highest BCUT2D eigenvalue weighted by Gasteiger charge is 2.30. The number of carbonyl (C=O) groups excluding carboxylic acids is 1. The van der Waals surface area contributed by atoms with Gasteiger partial charge in [-0.25, -0.2) is 13.2 Å². The van der Waals surface area contributed by atoms with Crippen molar-refractivity contribution in [2.75, 3.05) is 7.11 Å². The summed E-state index contributed by atoms with van der Waals surface area (Å²) in [6, 6.07) is 2.86. The Morgan fingerprint density at radius 2 is 1.86 bits per heavy atom. The van der Waals surface area contributed by atoms with E-state index < -0.39 is 33.9 Å². The molecule has 8 heteroatoms. The molecule has 0 aliphatic rings. The van der Waals surface area contributed by atoms with Gasteiger partial charge in [-0.3, -0.25) is 4.79 Å². The standard InChI is InChI=1S/C14H19NO6S/c1-8(2)12(13(16)17)15-22(19,20)11-6-5-9(3)7-10(11)14(18)21-4/h5-8,12,15H,1-4H3,(H,16,17)/t12-/m0/s1. The lowest BCUT2D eigenvalue weighted by Crippen LogP contribution is -2.44. The van der Waals surface area contributed by atoms with Gasteiger partial charge < -0.3 is 9.84 Å². The van der Waals surface area contributed by atoms with E-state index in [2.05, 4.69) is 9.46 Å². The molecule has 122 valence electrons. The van der Waals surface area contributed by atoms with Crippen molar-refractivity contribution in [2.45, 2.75) is 31.7 Å². The first-order valence-corrected chi connectivity index (χ1v) is 8.02. The first kappa shape index (κ1) is 18.1. The van der Waals surface area contributed by atoms with Gasteiger partial charge in [0.25, 0.3) is 0 Å². The molecular formula is C14H19NO6S. The first-order valence-electron chi connectivity index (χ1n) is 6.54. The summed E-state index contributed by atoms with van der Waals surface area (Å²) in [5.74, 6) is -2.55. The number of hydrogen-bond donors (Lipinski definition) is 2. The van der Waals surface area contributed by atoms with Crippen LogP contribution < -0.4 is 4.72 Å². The molecule has 1 aromatic rings. The third-order valence-electron chi connectivity index (χ3n) is 3.04. The molecule has 0 fully saturated rings. The molecule has 1 aromatic carbocycles. The minimum atomic E-state index is -4.18. The van der Waals surface area contributed by atoms with E-state index in [1.807, 2.05) is 0 Å². The van der Waals surface area contributed by atoms with Crippen LogP contribution in [0.4, 0.5) is 0 Å². The Hall–Kier alpha value is -1.93. The van der Waals surface area contributed by atoms with Crippen LogP contribution in [0.5, 0.6) is 0 Å². The van der Waals surface area contributed by atoms with E-state index in [1.165, 1.54) is 18.2 Å². The summed E-state index contributed by atoms with van der Waals surface area (Å²) in [4.78, 5) is 22.6. The summed E-state index contributed by atoms with van der Waals surface area (Å²) < 4.78 is 31.5. The molecule has 22 heavy (non-hydrogen) atoms. The second-order valence-corrected chi connectivity index (χ2v) is 6.85. The summed E-state index contributed by atoms with van der Waals surface area (Å²) in [7, 11) is -3.04. The fraction of sp³-hybridized carbons (Fsp3) is 0.429. The minimum absolute atomic E-state index is 0.136. The second kappa shape index (κ2) is 6.89. The molecule has 1 atom stereocenters. The van der Waals surface area contributed by atoms with Gasteiger partial charge in [-0.2, -0.15) is 4.72 Å². The largest absolute Gasteiger partial charge is 0.480 e. The van der Waals surface area contributed by atoms with Crippen LogP contribution in [0.3, 0.4) is 0 Å². The van der Waals surface area contributed by atoms with Crippen LogP contribution in [0.15, 0.2) is 23.1 Å². The molecule has 0 amide bonds. The van der Waals surface area contributed by atoms with Crippen LogP contribution in [0, 0.1) is 12.8 Å². The summed E-state index contributed by atoms with van der Waals surface area (Å²) in [6.07, 6.45) is 0. The van der Waals surface area contributed by atoms with Crippen molar-refractivity contribution in [3.63, 3.8) is 0 Å². The number of methoxy groups -OCH3 is 1. The number of carboxylic acids is 1. The molecule has 0 radical (unpaired) electrons. The Balaban J connectivity index is 3.34. The Morgan fingerprint density at radius 1 is 1.27 bits per heavy atom. The predicted octanol–water partition coefficient (Wildman–Crippen LogP) is 1.17. The molecule has 0 aromatic heterocycles. The lowest BCUT2D eigenvalue weighted by molar-refractivity contribution is -0.140. The van der Waals surface area contributed by atoms with Crippen molar-refractivity contribution in [1.82, 2.24) is 4.72 Å². The lowest BCUT2D eigenvalue weighted by Gasteiger charge is -2.19. The average molecular weight is 329 g/mol. The highest BCUT2D eigenvalue weighted by Crippen LogP contribution is 2.19. The van der Waals surface area contributed by atoms with Crippen LogP contribution in [-0.2, 0) is 19.6 Å². The van der Waals surface area contributed by atoms with Gasteiger partial charge in [0.15, 0.2) is 0 Å². The second-order valence-electron chi connectivity index (χ2n) is 5.17. The maximum Gasteiger partial charge on any atom is 0.339 e. The van der Waals surface area contributed by atoms with Crippen LogP contribution in [0.2, 0.25) is 0 Å². The summed E-state index contributed by atoms with van der Waals surface area (Å²) in [5.41, 5.74) is 0.542. The zero-order valence-electron chi connectivity index (χ0n) is 12.8. The number of hydrogen-bond acceptors (Lipinski definition) is 5. The molecular weight excluding hydrogens is 310 g/mol. The smallest absolute Gasteiger partial charge is 0.339 e. The van der Waals surface area contributed by atoms with E-state index in [1.54, 1.807) is 20.8 Å². The number of benzene rings is 1. The number of esters is 1. The van der Waals surface area contributed by atoms with E-state index in [0.29, 0.717) is 5.56 Å². The predicted molar refractivity (Wildman–Crippen MR) is 79.1 cm³/mol. The first-order chi connectivity index (χ1) is 10.1. The minimum Gasteiger partial charge on any atom is -0.480 e. The Bertz CT molecular complexity index is 681.